The largest absolute Gasteiger partial charge is 0.329 e. The minimum Gasteiger partial charge on any atom is -0.329 e. The molecule has 96 valence electrons. The van der Waals surface area contributed by atoms with E-state index in [0.717, 1.165) is 19.3 Å². The van der Waals surface area contributed by atoms with Crippen molar-refractivity contribution < 1.29 is 8.42 Å². The number of aromatic amines is 1. The maximum atomic E-state index is 12.3. The lowest BCUT2D eigenvalue weighted by molar-refractivity contribution is 0.230. The Bertz CT molecular complexity index is 491. The second-order valence-electron chi connectivity index (χ2n) is 4.71. The molecular weight excluding hydrogens is 240 g/mol. The van der Waals surface area contributed by atoms with Gasteiger partial charge >= 0.3 is 0 Å². The lowest BCUT2D eigenvalue weighted by Crippen LogP contribution is -2.58. The molecule has 4 N–H and O–H groups in total. The summed E-state index contributed by atoms with van der Waals surface area (Å²) in [7, 11) is -3.53. The standard InChI is InChI=1S/C10H18N4O2S/c1-7-9(8(2)13-12-7)17(15,16)14-10(6-11)4-3-5-10/h14H,3-6,11H2,1-2H3,(H,12,13). The molecule has 1 aromatic heterocycles. The fraction of sp³-hybridized carbons (Fsp3) is 0.700. The van der Waals surface area contributed by atoms with Crippen LogP contribution in [0.2, 0.25) is 0 Å². The number of aryl methyl sites for hydroxylation is 2. The van der Waals surface area contributed by atoms with Gasteiger partial charge in [-0.3, -0.25) is 5.10 Å². The molecule has 0 amide bonds. The number of sulfonamides is 1. The summed E-state index contributed by atoms with van der Waals surface area (Å²) in [5, 5.41) is 6.59. The van der Waals surface area contributed by atoms with E-state index in [1.54, 1.807) is 13.8 Å². The van der Waals surface area contributed by atoms with Gasteiger partial charge in [-0.1, -0.05) is 0 Å². The summed E-state index contributed by atoms with van der Waals surface area (Å²) >= 11 is 0. The maximum absolute atomic E-state index is 12.3. The van der Waals surface area contributed by atoms with Crippen molar-refractivity contribution in [3.05, 3.63) is 11.4 Å². The highest BCUT2D eigenvalue weighted by molar-refractivity contribution is 7.89. The molecule has 0 aromatic carbocycles. The van der Waals surface area contributed by atoms with Crippen LogP contribution in [0.5, 0.6) is 0 Å². The molecule has 0 spiro atoms. The van der Waals surface area contributed by atoms with Crippen LogP contribution in [0.4, 0.5) is 0 Å². The molecular formula is C10H18N4O2S. The number of nitrogens with one attached hydrogen (secondary N) is 2. The van der Waals surface area contributed by atoms with Gasteiger partial charge in [-0.2, -0.15) is 5.10 Å². The fourth-order valence-electron chi connectivity index (χ4n) is 2.22. The molecule has 1 saturated carbocycles. The van der Waals surface area contributed by atoms with Gasteiger partial charge < -0.3 is 5.73 Å². The number of nitrogens with zero attached hydrogens (tertiary/aromatic N) is 1. The highest BCUT2D eigenvalue weighted by Gasteiger charge is 2.40. The van der Waals surface area contributed by atoms with Crippen molar-refractivity contribution in [3.8, 4) is 0 Å². The average molecular weight is 258 g/mol. The molecule has 0 radical (unpaired) electrons. The SMILES string of the molecule is Cc1n[nH]c(C)c1S(=O)(=O)NC1(CN)CCC1. The summed E-state index contributed by atoms with van der Waals surface area (Å²) < 4.78 is 27.3. The van der Waals surface area contributed by atoms with Crippen LogP contribution in [-0.2, 0) is 10.0 Å². The molecule has 1 aliphatic rings. The summed E-state index contributed by atoms with van der Waals surface area (Å²) in [6, 6.07) is 0. The molecule has 17 heavy (non-hydrogen) atoms. The van der Waals surface area contributed by atoms with Crippen molar-refractivity contribution in [1.29, 1.82) is 0 Å². The second-order valence-corrected chi connectivity index (χ2v) is 6.33. The summed E-state index contributed by atoms with van der Waals surface area (Å²) in [5.74, 6) is 0. The van der Waals surface area contributed by atoms with Crippen LogP contribution < -0.4 is 10.5 Å². The Hall–Kier alpha value is -0.920. The summed E-state index contributed by atoms with van der Waals surface area (Å²) in [6.07, 6.45) is 2.63. The molecule has 0 atom stereocenters. The topological polar surface area (TPSA) is 101 Å². The third-order valence-electron chi connectivity index (χ3n) is 3.38. The number of hydrogen-bond acceptors (Lipinski definition) is 4. The van der Waals surface area contributed by atoms with E-state index >= 15 is 0 Å². The van der Waals surface area contributed by atoms with Gasteiger partial charge in [-0.05, 0) is 33.1 Å². The van der Waals surface area contributed by atoms with Crippen LogP contribution in [0.25, 0.3) is 0 Å². The monoisotopic (exact) mass is 258 g/mol. The molecule has 0 unspecified atom stereocenters. The number of nitrogens with two attached hydrogens (primary N) is 1. The van der Waals surface area contributed by atoms with Crippen molar-refractivity contribution in [1.82, 2.24) is 14.9 Å². The van der Waals surface area contributed by atoms with Crippen LogP contribution >= 0.6 is 0 Å². The molecule has 1 aromatic rings. The van der Waals surface area contributed by atoms with E-state index in [9.17, 15) is 8.42 Å². The van der Waals surface area contributed by atoms with Crippen LogP contribution in [0.3, 0.4) is 0 Å². The molecule has 1 aliphatic carbocycles. The highest BCUT2D eigenvalue weighted by atomic mass is 32.2. The Kier molecular flexibility index (Phi) is 3.01. The Balaban J connectivity index is 2.31. The predicted octanol–water partition coefficient (Wildman–Crippen LogP) is 0.186. The number of rotatable bonds is 4. The van der Waals surface area contributed by atoms with E-state index < -0.39 is 15.6 Å². The van der Waals surface area contributed by atoms with Crippen LogP contribution in [-0.4, -0.2) is 30.7 Å². The molecule has 0 saturated heterocycles. The number of aromatic nitrogens is 2. The zero-order valence-corrected chi connectivity index (χ0v) is 10.9. The molecule has 2 rings (SSSR count). The third kappa shape index (κ3) is 2.10. The minimum absolute atomic E-state index is 0.247. The first kappa shape index (κ1) is 12.5. The van der Waals surface area contributed by atoms with E-state index in [0.29, 0.717) is 17.9 Å². The Labute approximate surface area is 101 Å². The Morgan fingerprint density at radius 2 is 2.12 bits per heavy atom. The van der Waals surface area contributed by atoms with Gasteiger partial charge in [-0.15, -0.1) is 0 Å². The second kappa shape index (κ2) is 4.08. The van der Waals surface area contributed by atoms with Crippen molar-refractivity contribution in [2.45, 2.75) is 43.5 Å². The van der Waals surface area contributed by atoms with Gasteiger partial charge in [0, 0.05) is 12.1 Å². The van der Waals surface area contributed by atoms with Crippen LogP contribution in [0.1, 0.15) is 30.7 Å². The van der Waals surface area contributed by atoms with E-state index in [-0.39, 0.29) is 4.90 Å². The molecule has 7 heteroatoms. The van der Waals surface area contributed by atoms with E-state index in [4.69, 9.17) is 5.73 Å². The van der Waals surface area contributed by atoms with Crippen LogP contribution in [0.15, 0.2) is 4.90 Å². The average Bonchev–Trinajstić information content (AvgIpc) is 2.53. The van der Waals surface area contributed by atoms with Gasteiger partial charge in [-0.25, -0.2) is 13.1 Å². The Morgan fingerprint density at radius 1 is 1.47 bits per heavy atom. The quantitative estimate of drug-likeness (QED) is 0.717. The fourth-order valence-corrected chi connectivity index (χ4v) is 4.07. The first-order chi connectivity index (χ1) is 7.90. The lowest BCUT2D eigenvalue weighted by Gasteiger charge is -2.41. The smallest absolute Gasteiger partial charge is 0.244 e. The Morgan fingerprint density at radius 3 is 2.47 bits per heavy atom. The zero-order chi connectivity index (χ0) is 12.7. The van der Waals surface area contributed by atoms with Crippen molar-refractivity contribution >= 4 is 10.0 Å². The molecule has 0 bridgehead atoms. The van der Waals surface area contributed by atoms with Crippen LogP contribution in [0, 0.1) is 13.8 Å². The van der Waals surface area contributed by atoms with Crippen molar-refractivity contribution in [2.24, 2.45) is 5.73 Å². The van der Waals surface area contributed by atoms with Gasteiger partial charge in [0.05, 0.1) is 11.4 Å². The van der Waals surface area contributed by atoms with Crippen molar-refractivity contribution in [3.63, 3.8) is 0 Å². The summed E-state index contributed by atoms with van der Waals surface area (Å²) in [4.78, 5) is 0.247. The van der Waals surface area contributed by atoms with Crippen molar-refractivity contribution in [2.75, 3.05) is 6.54 Å². The molecule has 0 aliphatic heterocycles. The lowest BCUT2D eigenvalue weighted by atomic mass is 9.78. The maximum Gasteiger partial charge on any atom is 0.244 e. The minimum atomic E-state index is -3.53. The highest BCUT2D eigenvalue weighted by Crippen LogP contribution is 2.32. The normalized spacial score (nSPS) is 19.0. The van der Waals surface area contributed by atoms with Gasteiger partial charge in [0.1, 0.15) is 4.90 Å². The first-order valence-electron chi connectivity index (χ1n) is 5.66. The summed E-state index contributed by atoms with van der Waals surface area (Å²) in [6.45, 7) is 3.71. The molecule has 1 heterocycles. The number of hydrogen-bond donors (Lipinski definition) is 3. The predicted molar refractivity (Wildman–Crippen MR) is 64.0 cm³/mol. The van der Waals surface area contributed by atoms with Gasteiger partial charge in [0.2, 0.25) is 10.0 Å². The van der Waals surface area contributed by atoms with Gasteiger partial charge in [0.25, 0.3) is 0 Å². The van der Waals surface area contributed by atoms with Gasteiger partial charge in [0.15, 0.2) is 0 Å². The molecule has 1 fully saturated rings. The zero-order valence-electron chi connectivity index (χ0n) is 10.1. The van der Waals surface area contributed by atoms with E-state index in [1.807, 2.05) is 0 Å². The molecule has 6 nitrogen and oxygen atoms in total. The summed E-state index contributed by atoms with van der Waals surface area (Å²) in [5.41, 5.74) is 6.25. The first-order valence-corrected chi connectivity index (χ1v) is 7.14. The van der Waals surface area contributed by atoms with E-state index in [2.05, 4.69) is 14.9 Å². The third-order valence-corrected chi connectivity index (χ3v) is 5.22. The van der Waals surface area contributed by atoms with E-state index in [1.165, 1.54) is 0 Å². The number of H-pyrrole nitrogens is 1.